The molecule has 152 valence electrons. The molecule has 0 aliphatic carbocycles. The Hall–Kier alpha value is -3.24. The molecule has 2 aromatic carbocycles. The molecule has 29 heavy (non-hydrogen) atoms. The fourth-order valence-corrected chi connectivity index (χ4v) is 2.55. The van der Waals surface area contributed by atoms with Crippen LogP contribution in [0.25, 0.3) is 6.08 Å². The summed E-state index contributed by atoms with van der Waals surface area (Å²) < 4.78 is 106. The molecule has 0 N–H and O–H groups in total. The molecule has 0 saturated heterocycles. The maximum atomic E-state index is 14.0. The number of amides is 1. The van der Waals surface area contributed by atoms with Crippen LogP contribution in [0.4, 0.5) is 40.8 Å². The zero-order valence-corrected chi connectivity index (χ0v) is 14.2. The lowest BCUT2D eigenvalue weighted by Gasteiger charge is -2.15. The quantitative estimate of drug-likeness (QED) is 0.284. The molecule has 0 bridgehead atoms. The summed E-state index contributed by atoms with van der Waals surface area (Å²) in [4.78, 5) is 12.4. The first-order valence-corrected chi connectivity index (χ1v) is 7.74. The zero-order valence-electron chi connectivity index (χ0n) is 14.2. The van der Waals surface area contributed by atoms with Crippen molar-refractivity contribution in [3.63, 3.8) is 0 Å². The second-order valence-corrected chi connectivity index (χ2v) is 5.90. The van der Waals surface area contributed by atoms with Crippen LogP contribution in [0.1, 0.15) is 18.1 Å². The number of benzene rings is 2. The molecule has 0 unspecified atom stereocenters. The van der Waals surface area contributed by atoms with E-state index in [4.69, 9.17) is 0 Å². The lowest BCUT2D eigenvalue weighted by atomic mass is 10.1. The fraction of sp³-hybridized carbons (Fsp3) is 0.111. The molecule has 2 aromatic rings. The van der Waals surface area contributed by atoms with Crippen LogP contribution < -0.4 is 5.01 Å². The van der Waals surface area contributed by atoms with Gasteiger partial charge in [-0.3, -0.25) is 4.79 Å². The van der Waals surface area contributed by atoms with E-state index in [1.807, 2.05) is 0 Å². The van der Waals surface area contributed by atoms with Gasteiger partial charge < -0.3 is 0 Å². The van der Waals surface area contributed by atoms with E-state index >= 15 is 0 Å². The molecular weight excluding hydrogens is 412 g/mol. The van der Waals surface area contributed by atoms with Crippen LogP contribution in [0.5, 0.6) is 0 Å². The van der Waals surface area contributed by atoms with Gasteiger partial charge in [0.1, 0.15) is 5.69 Å². The summed E-state index contributed by atoms with van der Waals surface area (Å²) in [6.07, 6.45) is -3.50. The number of alkyl halides is 3. The van der Waals surface area contributed by atoms with Crippen molar-refractivity contribution in [2.24, 2.45) is 5.10 Å². The molecule has 1 heterocycles. The van der Waals surface area contributed by atoms with Gasteiger partial charge >= 0.3 is 6.18 Å². The van der Waals surface area contributed by atoms with E-state index in [1.165, 1.54) is 6.92 Å². The molecule has 3 rings (SSSR count). The first-order valence-electron chi connectivity index (χ1n) is 7.74. The largest absolute Gasteiger partial charge is 0.416 e. The second-order valence-electron chi connectivity index (χ2n) is 5.90. The van der Waals surface area contributed by atoms with E-state index in [-0.39, 0.29) is 21.9 Å². The lowest BCUT2D eigenvalue weighted by Crippen LogP contribution is -2.25. The van der Waals surface area contributed by atoms with Crippen molar-refractivity contribution >= 4 is 23.4 Å². The van der Waals surface area contributed by atoms with Crippen LogP contribution in [0.2, 0.25) is 0 Å². The molecule has 0 radical (unpaired) electrons. The molecular formula is C18H8F8N2O. The number of carbonyl (C=O) groups is 1. The van der Waals surface area contributed by atoms with Crippen LogP contribution in [-0.4, -0.2) is 11.6 Å². The summed E-state index contributed by atoms with van der Waals surface area (Å²) in [5.41, 5.74) is -2.81. The summed E-state index contributed by atoms with van der Waals surface area (Å²) in [5, 5.41) is 3.54. The zero-order chi connectivity index (χ0) is 21.7. The van der Waals surface area contributed by atoms with E-state index in [1.54, 1.807) is 0 Å². The normalized spacial score (nSPS) is 16.0. The number of rotatable bonds is 2. The molecule has 11 heteroatoms. The van der Waals surface area contributed by atoms with Gasteiger partial charge in [0, 0.05) is 0 Å². The van der Waals surface area contributed by atoms with Gasteiger partial charge in [-0.2, -0.15) is 23.3 Å². The SMILES string of the molecule is CC1=NN(c2c(F)c(F)c(F)c(F)c2F)C(=O)/C1=C/c1ccc(C(F)(F)F)cc1. The smallest absolute Gasteiger partial charge is 0.267 e. The minimum Gasteiger partial charge on any atom is -0.267 e. The van der Waals surface area contributed by atoms with E-state index in [0.717, 1.165) is 30.3 Å². The number of anilines is 1. The minimum atomic E-state index is -4.57. The molecule has 1 amide bonds. The molecule has 1 aliphatic heterocycles. The van der Waals surface area contributed by atoms with Crippen LogP contribution >= 0.6 is 0 Å². The maximum Gasteiger partial charge on any atom is 0.416 e. The molecule has 0 fully saturated rings. The predicted molar refractivity (Wildman–Crippen MR) is 86.2 cm³/mol. The Labute approximate surface area is 157 Å². The number of nitrogens with zero attached hydrogens (tertiary/aromatic N) is 2. The van der Waals surface area contributed by atoms with Gasteiger partial charge in [-0.05, 0) is 30.7 Å². The predicted octanol–water partition coefficient (Wildman–Crippen LogP) is 5.21. The fourth-order valence-electron chi connectivity index (χ4n) is 2.55. The molecule has 0 saturated carbocycles. The highest BCUT2D eigenvalue weighted by atomic mass is 19.4. The van der Waals surface area contributed by atoms with Crippen molar-refractivity contribution in [2.75, 3.05) is 5.01 Å². The minimum absolute atomic E-state index is 0.0154. The summed E-state index contributed by atoms with van der Waals surface area (Å²) in [5.74, 6) is -12.6. The van der Waals surface area contributed by atoms with Gasteiger partial charge in [0.15, 0.2) is 23.3 Å². The third-order valence-corrected chi connectivity index (χ3v) is 4.01. The molecule has 1 aliphatic rings. The maximum absolute atomic E-state index is 14.0. The number of hydrogen-bond acceptors (Lipinski definition) is 2. The van der Waals surface area contributed by atoms with Gasteiger partial charge in [0.05, 0.1) is 16.8 Å². The molecule has 0 spiro atoms. The Morgan fingerprint density at radius 2 is 1.34 bits per heavy atom. The molecule has 0 aromatic heterocycles. The number of carbonyl (C=O) groups excluding carboxylic acids is 1. The number of hydrazone groups is 1. The van der Waals surface area contributed by atoms with Gasteiger partial charge in [0.2, 0.25) is 5.82 Å². The van der Waals surface area contributed by atoms with Crippen molar-refractivity contribution in [2.45, 2.75) is 13.1 Å². The molecule has 0 atom stereocenters. The van der Waals surface area contributed by atoms with Gasteiger partial charge in [-0.1, -0.05) is 12.1 Å². The Kier molecular flexibility index (Phi) is 4.93. The van der Waals surface area contributed by atoms with Crippen molar-refractivity contribution < 1.29 is 39.9 Å². The average Bonchev–Trinajstić information content (AvgIpc) is 2.93. The van der Waals surface area contributed by atoms with Gasteiger partial charge in [-0.15, -0.1) is 0 Å². The first kappa shape index (κ1) is 20.5. The highest BCUT2D eigenvalue weighted by molar-refractivity contribution is 6.32. The monoisotopic (exact) mass is 420 g/mol. The Bertz CT molecular complexity index is 1040. The van der Waals surface area contributed by atoms with Crippen molar-refractivity contribution in [1.29, 1.82) is 0 Å². The Morgan fingerprint density at radius 1 is 0.862 bits per heavy atom. The van der Waals surface area contributed by atoms with Gasteiger partial charge in [0.25, 0.3) is 5.91 Å². The number of halogens is 8. The summed E-state index contributed by atoms with van der Waals surface area (Å²) in [6, 6.07) is 3.58. The third kappa shape index (κ3) is 3.47. The van der Waals surface area contributed by atoms with E-state index in [2.05, 4.69) is 5.10 Å². The van der Waals surface area contributed by atoms with Crippen LogP contribution in [0.15, 0.2) is 34.9 Å². The number of hydrogen-bond donors (Lipinski definition) is 0. The van der Waals surface area contributed by atoms with Crippen LogP contribution in [0, 0.1) is 29.1 Å². The first-order chi connectivity index (χ1) is 13.4. The Balaban J connectivity index is 2.02. The Morgan fingerprint density at radius 3 is 1.83 bits per heavy atom. The van der Waals surface area contributed by atoms with Crippen LogP contribution in [0.3, 0.4) is 0 Å². The standard InChI is InChI=1S/C18H8F8N2O/c1-7-10(6-8-2-4-9(5-3-8)18(24,25)26)17(29)28(27-7)16-14(22)12(20)11(19)13(21)15(16)23/h2-6H,1H3/b10-6+. The van der Waals surface area contributed by atoms with Crippen molar-refractivity contribution in [3.05, 3.63) is 70.1 Å². The third-order valence-electron chi connectivity index (χ3n) is 4.01. The van der Waals surface area contributed by atoms with Crippen molar-refractivity contribution in [1.82, 2.24) is 0 Å². The summed E-state index contributed by atoms with van der Waals surface area (Å²) in [7, 11) is 0. The van der Waals surface area contributed by atoms with Crippen LogP contribution in [-0.2, 0) is 11.0 Å². The highest BCUT2D eigenvalue weighted by Gasteiger charge is 2.37. The van der Waals surface area contributed by atoms with Gasteiger partial charge in [-0.25, -0.2) is 22.0 Å². The lowest BCUT2D eigenvalue weighted by molar-refractivity contribution is -0.137. The van der Waals surface area contributed by atoms with E-state index < -0.39 is 52.4 Å². The summed E-state index contributed by atoms with van der Waals surface area (Å²) >= 11 is 0. The van der Waals surface area contributed by atoms with E-state index in [0.29, 0.717) is 0 Å². The topological polar surface area (TPSA) is 32.7 Å². The summed E-state index contributed by atoms with van der Waals surface area (Å²) in [6.45, 7) is 1.22. The van der Waals surface area contributed by atoms with E-state index in [9.17, 15) is 39.9 Å². The molecule has 3 nitrogen and oxygen atoms in total. The van der Waals surface area contributed by atoms with Crippen molar-refractivity contribution in [3.8, 4) is 0 Å². The average molecular weight is 420 g/mol. The highest BCUT2D eigenvalue weighted by Crippen LogP contribution is 2.34. The second kappa shape index (κ2) is 6.98.